The molecule has 1 atom stereocenters. The van der Waals surface area contributed by atoms with Gasteiger partial charge in [-0.2, -0.15) is 0 Å². The van der Waals surface area contributed by atoms with E-state index in [1.54, 1.807) is 0 Å². The molecule has 1 unspecified atom stereocenters. The zero-order valence-electron chi connectivity index (χ0n) is 27.6. The summed E-state index contributed by atoms with van der Waals surface area (Å²) in [6, 6.07) is 51.5. The molecule has 1 aliphatic carbocycles. The van der Waals surface area contributed by atoms with E-state index < -0.39 is 0 Å². The number of nitrogens with zero attached hydrogens (tertiary/aromatic N) is 4. The maximum atomic E-state index is 5.17. The third kappa shape index (κ3) is 4.49. The fraction of sp³-hybridized carbons (Fsp3) is 0.0652. The molecule has 0 fully saturated rings. The summed E-state index contributed by atoms with van der Waals surface area (Å²) in [5.74, 6) is 2.39. The summed E-state index contributed by atoms with van der Waals surface area (Å²) in [7, 11) is 0. The molecular formula is C46H32N4. The molecule has 0 aliphatic heterocycles. The van der Waals surface area contributed by atoms with Gasteiger partial charge < -0.3 is 4.57 Å². The maximum Gasteiger partial charge on any atom is 0.164 e. The summed E-state index contributed by atoms with van der Waals surface area (Å²) in [5, 5.41) is 7.47. The van der Waals surface area contributed by atoms with Gasteiger partial charge in [-0.25, -0.2) is 15.0 Å². The molecule has 1 aliphatic rings. The molecule has 9 aromatic rings. The van der Waals surface area contributed by atoms with Gasteiger partial charge in [-0.3, -0.25) is 0 Å². The molecule has 10 rings (SSSR count). The minimum absolute atomic E-state index is 0.428. The molecule has 0 spiro atoms. The number of allylic oxidation sites excluding steroid dienone is 1. The van der Waals surface area contributed by atoms with Crippen LogP contribution >= 0.6 is 0 Å². The molecule has 2 aromatic heterocycles. The first-order valence-electron chi connectivity index (χ1n) is 17.3. The second-order valence-corrected chi connectivity index (χ2v) is 13.3. The third-order valence-corrected chi connectivity index (χ3v) is 10.2. The molecule has 0 bridgehead atoms. The van der Waals surface area contributed by atoms with Crippen LogP contribution in [-0.4, -0.2) is 19.5 Å². The van der Waals surface area contributed by atoms with Crippen molar-refractivity contribution < 1.29 is 0 Å². The van der Waals surface area contributed by atoms with Gasteiger partial charge in [-0.1, -0.05) is 140 Å². The van der Waals surface area contributed by atoms with E-state index in [2.05, 4.69) is 151 Å². The molecule has 0 amide bonds. The largest absolute Gasteiger partial charge is 0.309 e. The minimum atomic E-state index is 0.428. The molecule has 50 heavy (non-hydrogen) atoms. The molecule has 0 radical (unpaired) electrons. The normalized spacial score (nSPS) is 14.1. The second-order valence-electron chi connectivity index (χ2n) is 13.3. The smallest absolute Gasteiger partial charge is 0.164 e. The number of benzene rings is 7. The molecule has 4 nitrogen and oxygen atoms in total. The van der Waals surface area contributed by atoms with Crippen molar-refractivity contribution in [1.29, 1.82) is 0 Å². The van der Waals surface area contributed by atoms with Crippen LogP contribution in [0.15, 0.2) is 152 Å². The molecule has 0 saturated carbocycles. The SMILES string of the molecule is CC1CC=Cc2ccc3c(c21)c1c2ccccc2ccc1n3-c1cccc(-c2nc(-c3ccccc3)nc(-c3cccc4ccccc34)n2)c1. The minimum Gasteiger partial charge on any atom is -0.309 e. The van der Waals surface area contributed by atoms with E-state index in [-0.39, 0.29) is 0 Å². The van der Waals surface area contributed by atoms with Gasteiger partial charge in [0.15, 0.2) is 17.5 Å². The van der Waals surface area contributed by atoms with Crippen molar-refractivity contribution in [2.45, 2.75) is 19.3 Å². The van der Waals surface area contributed by atoms with Gasteiger partial charge >= 0.3 is 0 Å². The monoisotopic (exact) mass is 640 g/mol. The first kappa shape index (κ1) is 28.6. The molecule has 236 valence electrons. The summed E-state index contributed by atoms with van der Waals surface area (Å²) < 4.78 is 2.43. The molecular weight excluding hydrogens is 609 g/mol. The summed E-state index contributed by atoms with van der Waals surface area (Å²) in [6.07, 6.45) is 5.65. The number of aromatic nitrogens is 4. The van der Waals surface area contributed by atoms with Crippen molar-refractivity contribution in [1.82, 2.24) is 19.5 Å². The quantitative estimate of drug-likeness (QED) is 0.192. The van der Waals surface area contributed by atoms with Crippen LogP contribution in [0.4, 0.5) is 0 Å². The summed E-state index contributed by atoms with van der Waals surface area (Å²) in [4.78, 5) is 15.3. The molecule has 7 aromatic carbocycles. The van der Waals surface area contributed by atoms with Crippen LogP contribution < -0.4 is 0 Å². The topological polar surface area (TPSA) is 43.6 Å². The Morgan fingerprint density at radius 3 is 2.04 bits per heavy atom. The Morgan fingerprint density at radius 1 is 0.540 bits per heavy atom. The van der Waals surface area contributed by atoms with E-state index in [9.17, 15) is 0 Å². The molecule has 0 saturated heterocycles. The van der Waals surface area contributed by atoms with E-state index in [0.717, 1.165) is 39.6 Å². The van der Waals surface area contributed by atoms with E-state index in [1.165, 1.54) is 43.7 Å². The Hall–Kier alpha value is -6.39. The molecule has 2 heterocycles. The highest BCUT2D eigenvalue weighted by atomic mass is 15.0. The third-order valence-electron chi connectivity index (χ3n) is 10.2. The van der Waals surface area contributed by atoms with Crippen molar-refractivity contribution in [2.24, 2.45) is 0 Å². The molecule has 4 heteroatoms. The fourth-order valence-electron chi connectivity index (χ4n) is 7.93. The van der Waals surface area contributed by atoms with Gasteiger partial charge in [0.2, 0.25) is 0 Å². The van der Waals surface area contributed by atoms with Crippen LogP contribution in [0.1, 0.15) is 30.4 Å². The van der Waals surface area contributed by atoms with Gasteiger partial charge in [0.05, 0.1) is 11.0 Å². The average Bonchev–Trinajstić information content (AvgIpc) is 3.53. The van der Waals surface area contributed by atoms with Gasteiger partial charge in [-0.15, -0.1) is 0 Å². The first-order chi connectivity index (χ1) is 24.7. The van der Waals surface area contributed by atoms with Crippen molar-refractivity contribution in [2.75, 3.05) is 0 Å². The highest BCUT2D eigenvalue weighted by molar-refractivity contribution is 6.23. The van der Waals surface area contributed by atoms with Gasteiger partial charge in [0, 0.05) is 33.2 Å². The Kier molecular flexibility index (Phi) is 6.50. The lowest BCUT2D eigenvalue weighted by Crippen LogP contribution is -2.02. The van der Waals surface area contributed by atoms with Crippen LogP contribution in [0.2, 0.25) is 0 Å². The Morgan fingerprint density at radius 2 is 1.18 bits per heavy atom. The van der Waals surface area contributed by atoms with Crippen LogP contribution in [0.3, 0.4) is 0 Å². The van der Waals surface area contributed by atoms with Crippen molar-refractivity contribution in [3.05, 3.63) is 163 Å². The lowest BCUT2D eigenvalue weighted by atomic mass is 9.85. The van der Waals surface area contributed by atoms with E-state index in [1.807, 2.05) is 18.2 Å². The zero-order chi connectivity index (χ0) is 33.2. The maximum absolute atomic E-state index is 5.17. The lowest BCUT2D eigenvalue weighted by Gasteiger charge is -2.20. The summed E-state index contributed by atoms with van der Waals surface area (Å²) in [5.41, 5.74) is 9.12. The van der Waals surface area contributed by atoms with E-state index >= 15 is 0 Å². The van der Waals surface area contributed by atoms with Crippen LogP contribution in [0, 0.1) is 0 Å². The highest BCUT2D eigenvalue weighted by Crippen LogP contribution is 2.44. The highest BCUT2D eigenvalue weighted by Gasteiger charge is 2.23. The fourth-order valence-corrected chi connectivity index (χ4v) is 7.93. The molecule has 0 N–H and O–H groups in total. The zero-order valence-corrected chi connectivity index (χ0v) is 27.6. The van der Waals surface area contributed by atoms with Crippen molar-refractivity contribution >= 4 is 49.4 Å². The second kappa shape index (κ2) is 11.4. The van der Waals surface area contributed by atoms with E-state index in [4.69, 9.17) is 15.0 Å². The van der Waals surface area contributed by atoms with Crippen molar-refractivity contribution in [3.63, 3.8) is 0 Å². The van der Waals surface area contributed by atoms with Gasteiger partial charge in [-0.05, 0) is 69.3 Å². The predicted octanol–water partition coefficient (Wildman–Crippen LogP) is 11.8. The van der Waals surface area contributed by atoms with Crippen LogP contribution in [0.5, 0.6) is 0 Å². The summed E-state index contributed by atoms with van der Waals surface area (Å²) in [6.45, 7) is 2.36. The lowest BCUT2D eigenvalue weighted by molar-refractivity contribution is 0.779. The Balaban J connectivity index is 1.23. The van der Waals surface area contributed by atoms with Crippen LogP contribution in [-0.2, 0) is 0 Å². The van der Waals surface area contributed by atoms with E-state index in [0.29, 0.717) is 23.4 Å². The Bertz CT molecular complexity index is 2800. The number of fused-ring (bicyclic) bond motifs is 8. The average molecular weight is 641 g/mol. The van der Waals surface area contributed by atoms with Gasteiger partial charge in [0.1, 0.15) is 0 Å². The predicted molar refractivity (Wildman–Crippen MR) is 208 cm³/mol. The standard InChI is InChI=1S/C46H32N4/c1-29-12-9-18-32-25-27-40-43(41(29)32)42-37-22-8-6-14-31(37)24-26-39(42)50(40)35-20-10-19-34(28-35)45-47-44(33-15-3-2-4-16-33)48-46(49-45)38-23-11-17-30-13-5-7-21-36(30)38/h2-11,13-29H,12H2,1H3. The van der Waals surface area contributed by atoms with Crippen molar-refractivity contribution in [3.8, 4) is 39.9 Å². The number of hydrogen-bond donors (Lipinski definition) is 0. The summed E-state index contributed by atoms with van der Waals surface area (Å²) >= 11 is 0. The Labute approximate surface area is 290 Å². The number of hydrogen-bond acceptors (Lipinski definition) is 3. The first-order valence-corrected chi connectivity index (χ1v) is 17.3. The number of rotatable bonds is 4. The van der Waals surface area contributed by atoms with Gasteiger partial charge in [0.25, 0.3) is 0 Å². The van der Waals surface area contributed by atoms with Crippen LogP contribution in [0.25, 0.3) is 89.3 Å².